The van der Waals surface area contributed by atoms with Gasteiger partial charge in [0.2, 0.25) is 0 Å². The van der Waals surface area contributed by atoms with Crippen LogP contribution in [0.1, 0.15) is 31.4 Å². The summed E-state index contributed by atoms with van der Waals surface area (Å²) < 4.78 is 0. The Morgan fingerprint density at radius 1 is 1.53 bits per heavy atom. The van der Waals surface area contributed by atoms with Crippen LogP contribution in [0, 0.1) is 0 Å². The first-order valence-electron chi connectivity index (χ1n) is 6.79. The lowest BCUT2D eigenvalue weighted by Gasteiger charge is -2.21. The molecule has 0 spiro atoms. The third kappa shape index (κ3) is 6.08. The van der Waals surface area contributed by atoms with E-state index in [0.29, 0.717) is 6.54 Å². The van der Waals surface area contributed by atoms with Gasteiger partial charge in [-0.2, -0.15) is 5.10 Å². The van der Waals surface area contributed by atoms with Gasteiger partial charge < -0.3 is 10.2 Å². The Balaban J connectivity index is 2.23. The summed E-state index contributed by atoms with van der Waals surface area (Å²) in [4.78, 5) is 6.44. The van der Waals surface area contributed by atoms with E-state index in [1.54, 1.807) is 6.20 Å². The Bertz CT molecular complexity index is 369. The number of unbranched alkanes of at least 4 members (excludes halogenated alkanes) is 3. The average molecular weight is 263 g/mol. The summed E-state index contributed by atoms with van der Waals surface area (Å²) in [6.45, 7) is 5.47. The van der Waals surface area contributed by atoms with E-state index >= 15 is 0 Å². The standard InChI is InChI=1S/C14H25N5/c1-4-5-6-7-8-11-19(3)14(15-2)16-12-13-9-10-17-18-13/h4,9-10H,1,5-8,11-12H2,2-3H3,(H,15,16)(H,17,18). The van der Waals surface area contributed by atoms with Crippen molar-refractivity contribution in [1.82, 2.24) is 20.4 Å². The number of aliphatic imine (C=N–C) groups is 1. The van der Waals surface area contributed by atoms with E-state index in [1.165, 1.54) is 19.3 Å². The van der Waals surface area contributed by atoms with Gasteiger partial charge in [-0.3, -0.25) is 10.1 Å². The van der Waals surface area contributed by atoms with Crippen molar-refractivity contribution in [1.29, 1.82) is 0 Å². The van der Waals surface area contributed by atoms with Crippen molar-refractivity contribution in [3.8, 4) is 0 Å². The smallest absolute Gasteiger partial charge is 0.193 e. The van der Waals surface area contributed by atoms with E-state index < -0.39 is 0 Å². The maximum Gasteiger partial charge on any atom is 0.193 e. The van der Waals surface area contributed by atoms with Gasteiger partial charge in [0, 0.05) is 26.8 Å². The fourth-order valence-electron chi connectivity index (χ4n) is 1.86. The Hall–Kier alpha value is -1.78. The highest BCUT2D eigenvalue weighted by molar-refractivity contribution is 5.79. The number of guanidine groups is 1. The van der Waals surface area contributed by atoms with Gasteiger partial charge in [0.15, 0.2) is 5.96 Å². The first-order valence-corrected chi connectivity index (χ1v) is 6.79. The minimum absolute atomic E-state index is 0.716. The van der Waals surface area contributed by atoms with Crippen LogP contribution >= 0.6 is 0 Å². The monoisotopic (exact) mass is 263 g/mol. The number of nitrogens with one attached hydrogen (secondary N) is 2. The molecule has 5 heteroatoms. The lowest BCUT2D eigenvalue weighted by atomic mass is 10.2. The number of aromatic amines is 1. The van der Waals surface area contributed by atoms with Crippen molar-refractivity contribution in [2.24, 2.45) is 4.99 Å². The van der Waals surface area contributed by atoms with Crippen LogP contribution in [0.15, 0.2) is 29.9 Å². The summed E-state index contributed by atoms with van der Waals surface area (Å²) in [5.74, 6) is 0.915. The first kappa shape index (κ1) is 15.3. The normalized spacial score (nSPS) is 11.4. The van der Waals surface area contributed by atoms with Crippen LogP contribution < -0.4 is 5.32 Å². The summed E-state index contributed by atoms with van der Waals surface area (Å²) in [6.07, 6.45) is 8.47. The number of hydrogen-bond donors (Lipinski definition) is 2. The minimum Gasteiger partial charge on any atom is -0.351 e. The second-order valence-corrected chi connectivity index (χ2v) is 4.54. The number of H-pyrrole nitrogens is 1. The molecule has 1 heterocycles. The zero-order chi connectivity index (χ0) is 13.9. The molecule has 0 radical (unpaired) electrons. The third-order valence-electron chi connectivity index (χ3n) is 2.97. The fourth-order valence-corrected chi connectivity index (χ4v) is 1.86. The Morgan fingerprint density at radius 2 is 2.37 bits per heavy atom. The number of nitrogens with zero attached hydrogens (tertiary/aromatic N) is 3. The molecule has 0 aromatic carbocycles. The first-order chi connectivity index (χ1) is 9.27. The molecule has 0 aliphatic rings. The van der Waals surface area contributed by atoms with Crippen molar-refractivity contribution < 1.29 is 0 Å². The molecule has 1 aromatic heterocycles. The van der Waals surface area contributed by atoms with E-state index in [4.69, 9.17) is 0 Å². The highest BCUT2D eigenvalue weighted by Gasteiger charge is 2.05. The fraction of sp³-hybridized carbons (Fsp3) is 0.571. The van der Waals surface area contributed by atoms with Crippen LogP contribution in [0.2, 0.25) is 0 Å². The molecule has 0 fully saturated rings. The van der Waals surface area contributed by atoms with Gasteiger partial charge in [0.05, 0.1) is 12.2 Å². The van der Waals surface area contributed by atoms with Crippen LogP contribution in [-0.4, -0.2) is 41.7 Å². The van der Waals surface area contributed by atoms with E-state index in [0.717, 1.165) is 24.6 Å². The van der Waals surface area contributed by atoms with Crippen LogP contribution in [0.4, 0.5) is 0 Å². The molecule has 0 unspecified atom stereocenters. The summed E-state index contributed by atoms with van der Waals surface area (Å²) in [6, 6.07) is 1.95. The molecular formula is C14H25N5. The molecule has 1 aromatic rings. The molecule has 0 aliphatic heterocycles. The van der Waals surface area contributed by atoms with Crippen LogP contribution in [0.25, 0.3) is 0 Å². The van der Waals surface area contributed by atoms with Crippen molar-refractivity contribution in [2.75, 3.05) is 20.6 Å². The molecule has 0 saturated heterocycles. The highest BCUT2D eigenvalue weighted by Crippen LogP contribution is 2.01. The van der Waals surface area contributed by atoms with Crippen LogP contribution in [0.5, 0.6) is 0 Å². The molecule has 5 nitrogen and oxygen atoms in total. The summed E-state index contributed by atoms with van der Waals surface area (Å²) >= 11 is 0. The van der Waals surface area contributed by atoms with Gasteiger partial charge in [-0.25, -0.2) is 0 Å². The van der Waals surface area contributed by atoms with Gasteiger partial charge in [0.1, 0.15) is 0 Å². The molecule has 0 saturated carbocycles. The second kappa shape index (κ2) is 9.19. The molecule has 0 atom stereocenters. The van der Waals surface area contributed by atoms with E-state index in [2.05, 4.69) is 39.0 Å². The van der Waals surface area contributed by atoms with Crippen molar-refractivity contribution in [2.45, 2.75) is 32.2 Å². The molecule has 0 amide bonds. The second-order valence-electron chi connectivity index (χ2n) is 4.54. The predicted molar refractivity (Wildman–Crippen MR) is 80.1 cm³/mol. The van der Waals surface area contributed by atoms with Gasteiger partial charge in [0.25, 0.3) is 0 Å². The van der Waals surface area contributed by atoms with Crippen LogP contribution in [-0.2, 0) is 6.54 Å². The van der Waals surface area contributed by atoms with Crippen molar-refractivity contribution in [3.05, 3.63) is 30.6 Å². The average Bonchev–Trinajstić information content (AvgIpc) is 2.92. The third-order valence-corrected chi connectivity index (χ3v) is 2.97. The van der Waals surface area contributed by atoms with Crippen molar-refractivity contribution in [3.63, 3.8) is 0 Å². The lowest BCUT2D eigenvalue weighted by Crippen LogP contribution is -2.39. The molecule has 1 rings (SSSR count). The zero-order valence-electron chi connectivity index (χ0n) is 12.0. The van der Waals surface area contributed by atoms with Crippen molar-refractivity contribution >= 4 is 5.96 Å². The quantitative estimate of drug-likeness (QED) is 0.327. The number of rotatable bonds is 8. The molecule has 0 aliphatic carbocycles. The van der Waals surface area contributed by atoms with Crippen LogP contribution in [0.3, 0.4) is 0 Å². The van der Waals surface area contributed by atoms with E-state index in [1.807, 2.05) is 19.2 Å². The molecular weight excluding hydrogens is 238 g/mol. The topological polar surface area (TPSA) is 56.3 Å². The van der Waals surface area contributed by atoms with Gasteiger partial charge in [-0.05, 0) is 25.3 Å². The maximum atomic E-state index is 4.28. The lowest BCUT2D eigenvalue weighted by molar-refractivity contribution is 0.454. The van der Waals surface area contributed by atoms with Gasteiger partial charge in [-0.1, -0.05) is 12.5 Å². The Labute approximate surface area is 115 Å². The number of aromatic nitrogens is 2. The Kier molecular flexibility index (Phi) is 7.39. The zero-order valence-corrected chi connectivity index (χ0v) is 12.0. The molecule has 0 bridgehead atoms. The molecule has 2 N–H and O–H groups in total. The molecule has 106 valence electrons. The minimum atomic E-state index is 0.716. The summed E-state index contributed by atoms with van der Waals surface area (Å²) in [7, 11) is 3.87. The summed E-state index contributed by atoms with van der Waals surface area (Å²) in [5, 5.41) is 10.2. The van der Waals surface area contributed by atoms with E-state index in [9.17, 15) is 0 Å². The van der Waals surface area contributed by atoms with Gasteiger partial charge >= 0.3 is 0 Å². The summed E-state index contributed by atoms with van der Waals surface area (Å²) in [5.41, 5.74) is 1.06. The highest BCUT2D eigenvalue weighted by atomic mass is 15.3. The number of allylic oxidation sites excluding steroid dienone is 1. The largest absolute Gasteiger partial charge is 0.351 e. The Morgan fingerprint density at radius 3 is 3.00 bits per heavy atom. The molecule has 19 heavy (non-hydrogen) atoms. The van der Waals surface area contributed by atoms with Gasteiger partial charge in [-0.15, -0.1) is 6.58 Å². The number of hydrogen-bond acceptors (Lipinski definition) is 2. The predicted octanol–water partition coefficient (Wildman–Crippen LogP) is 2.16. The van der Waals surface area contributed by atoms with E-state index in [-0.39, 0.29) is 0 Å². The SMILES string of the molecule is C=CCCCCCN(C)C(=NC)NCc1ccn[nH]1. The maximum absolute atomic E-state index is 4.28.